The van der Waals surface area contributed by atoms with Gasteiger partial charge in [0.2, 0.25) is 0 Å². The molecule has 0 saturated heterocycles. The fourth-order valence-electron chi connectivity index (χ4n) is 3.66. The third-order valence-corrected chi connectivity index (χ3v) is 5.16. The largest absolute Gasteiger partial charge is 0.343 e. The molecule has 1 fully saturated rings. The highest BCUT2D eigenvalue weighted by atomic mass is 16.1. The van der Waals surface area contributed by atoms with E-state index in [9.17, 15) is 4.79 Å². The monoisotopic (exact) mass is 334 g/mol. The van der Waals surface area contributed by atoms with Gasteiger partial charge in [-0.25, -0.2) is 9.50 Å². The Morgan fingerprint density at radius 1 is 1.24 bits per heavy atom. The van der Waals surface area contributed by atoms with Crippen LogP contribution in [-0.4, -0.2) is 29.0 Å². The number of rotatable bonds is 2. The van der Waals surface area contributed by atoms with Gasteiger partial charge in [0.25, 0.3) is 0 Å². The molecule has 5 rings (SSSR count). The van der Waals surface area contributed by atoms with Crippen molar-refractivity contribution < 1.29 is 0 Å². The molecule has 1 aliphatic rings. The van der Waals surface area contributed by atoms with E-state index in [2.05, 4.69) is 16.9 Å². The number of hydrogen-bond acceptors (Lipinski definition) is 4. The normalized spacial score (nSPS) is 19.8. The Morgan fingerprint density at radius 3 is 2.88 bits per heavy atom. The van der Waals surface area contributed by atoms with Crippen LogP contribution in [0.4, 0.5) is 0 Å². The summed E-state index contributed by atoms with van der Waals surface area (Å²) in [5.74, 6) is 1.54. The van der Waals surface area contributed by atoms with E-state index >= 15 is 0 Å². The highest BCUT2D eigenvalue weighted by Gasteiger charge is 2.44. The van der Waals surface area contributed by atoms with Crippen LogP contribution >= 0.6 is 0 Å². The molecule has 0 radical (unpaired) electrons. The Bertz CT molecular complexity index is 1160. The average molecular weight is 334 g/mol. The molecule has 25 heavy (non-hydrogen) atoms. The van der Waals surface area contributed by atoms with Gasteiger partial charge >= 0.3 is 0 Å². The number of aromatic amines is 1. The molecule has 2 atom stereocenters. The van der Waals surface area contributed by atoms with Crippen molar-refractivity contribution in [3.8, 4) is 0 Å². The van der Waals surface area contributed by atoms with Gasteiger partial charge in [-0.15, -0.1) is 0 Å². The number of nitrogens with zero attached hydrogens (tertiary/aromatic N) is 5. The van der Waals surface area contributed by atoms with Crippen molar-refractivity contribution in [3.63, 3.8) is 0 Å². The van der Waals surface area contributed by atoms with Gasteiger partial charge in [0.05, 0.1) is 11.4 Å². The standard InChI is InChI=1S/C18H18N6O/c1-9-8-19-10(2)18-21-17(22-24(9)18)14-7-13(14)16-11(3)23-5-4-12(25)6-15(23)20-16/h4-6,8,13-14,20H,7H2,1-3H3. The molecule has 1 aliphatic carbocycles. The summed E-state index contributed by atoms with van der Waals surface area (Å²) in [4.78, 5) is 24.1. The van der Waals surface area contributed by atoms with Crippen LogP contribution in [-0.2, 0) is 0 Å². The Labute approximate surface area is 143 Å². The molecule has 7 nitrogen and oxygen atoms in total. The number of pyridine rings is 1. The Hall–Kier alpha value is -2.96. The zero-order valence-electron chi connectivity index (χ0n) is 14.3. The van der Waals surface area contributed by atoms with E-state index < -0.39 is 0 Å². The average Bonchev–Trinajstić information content (AvgIpc) is 3.12. The van der Waals surface area contributed by atoms with Crippen LogP contribution in [0.15, 0.2) is 29.3 Å². The van der Waals surface area contributed by atoms with Gasteiger partial charge in [0.1, 0.15) is 5.65 Å². The van der Waals surface area contributed by atoms with E-state index in [4.69, 9.17) is 10.1 Å². The Kier molecular flexibility index (Phi) is 2.75. The van der Waals surface area contributed by atoms with E-state index in [1.54, 1.807) is 12.1 Å². The summed E-state index contributed by atoms with van der Waals surface area (Å²) in [6.45, 7) is 6.02. The van der Waals surface area contributed by atoms with Gasteiger partial charge in [-0.05, 0) is 27.2 Å². The molecule has 126 valence electrons. The molecule has 4 aromatic heterocycles. The summed E-state index contributed by atoms with van der Waals surface area (Å²) in [6, 6.07) is 3.22. The van der Waals surface area contributed by atoms with E-state index in [1.165, 1.54) is 5.69 Å². The van der Waals surface area contributed by atoms with Gasteiger partial charge in [0.15, 0.2) is 16.9 Å². The zero-order chi connectivity index (χ0) is 17.3. The topological polar surface area (TPSA) is 80.4 Å². The maximum absolute atomic E-state index is 11.6. The molecule has 1 N–H and O–H groups in total. The fourth-order valence-corrected chi connectivity index (χ4v) is 3.66. The molecule has 0 amide bonds. The number of hydrogen-bond donors (Lipinski definition) is 1. The molecule has 0 spiro atoms. The number of nitrogens with one attached hydrogen (secondary N) is 1. The highest BCUT2D eigenvalue weighted by molar-refractivity contribution is 5.47. The molecule has 1 saturated carbocycles. The number of aryl methyl sites for hydroxylation is 3. The van der Waals surface area contributed by atoms with E-state index in [-0.39, 0.29) is 5.43 Å². The summed E-state index contributed by atoms with van der Waals surface area (Å²) in [6.07, 6.45) is 4.66. The maximum atomic E-state index is 11.6. The second kappa shape index (κ2) is 4.78. The number of H-pyrrole nitrogens is 1. The van der Waals surface area contributed by atoms with Crippen molar-refractivity contribution in [2.45, 2.75) is 39.0 Å². The van der Waals surface area contributed by atoms with E-state index in [0.29, 0.717) is 11.8 Å². The van der Waals surface area contributed by atoms with Crippen LogP contribution in [0.3, 0.4) is 0 Å². The Morgan fingerprint density at radius 2 is 2.08 bits per heavy atom. The molecule has 0 aromatic carbocycles. The summed E-state index contributed by atoms with van der Waals surface area (Å²) in [5.41, 5.74) is 5.87. The quantitative estimate of drug-likeness (QED) is 0.610. The smallest absolute Gasteiger partial charge is 0.183 e. The van der Waals surface area contributed by atoms with Gasteiger partial charge in [0, 0.05) is 47.8 Å². The second-order valence-electron chi connectivity index (χ2n) is 6.88. The summed E-state index contributed by atoms with van der Waals surface area (Å²) < 4.78 is 3.91. The SMILES string of the molecule is Cc1ncc(C)n2nc(C3CC3c3[nH]c4cc(=O)ccn4c3C)nc12. The fraction of sp³-hybridized carbons (Fsp3) is 0.333. The van der Waals surface area contributed by atoms with Crippen LogP contribution in [0.1, 0.15) is 46.9 Å². The first-order valence-corrected chi connectivity index (χ1v) is 8.42. The minimum Gasteiger partial charge on any atom is -0.343 e. The first-order chi connectivity index (χ1) is 12.0. The van der Waals surface area contributed by atoms with Crippen LogP contribution in [0, 0.1) is 20.8 Å². The summed E-state index contributed by atoms with van der Waals surface area (Å²) in [7, 11) is 0. The van der Waals surface area contributed by atoms with Crippen LogP contribution in [0.5, 0.6) is 0 Å². The number of fused-ring (bicyclic) bond motifs is 2. The second-order valence-corrected chi connectivity index (χ2v) is 6.88. The number of imidazole rings is 1. The van der Waals surface area contributed by atoms with Crippen molar-refractivity contribution in [1.29, 1.82) is 0 Å². The highest BCUT2D eigenvalue weighted by Crippen LogP contribution is 2.54. The van der Waals surface area contributed by atoms with Crippen molar-refractivity contribution in [2.24, 2.45) is 0 Å². The van der Waals surface area contributed by atoms with Crippen LogP contribution in [0.2, 0.25) is 0 Å². The number of aromatic nitrogens is 6. The lowest BCUT2D eigenvalue weighted by atomic mass is 10.2. The summed E-state index contributed by atoms with van der Waals surface area (Å²) >= 11 is 0. The zero-order valence-corrected chi connectivity index (χ0v) is 14.3. The van der Waals surface area contributed by atoms with Crippen molar-refractivity contribution in [1.82, 2.24) is 29.0 Å². The third kappa shape index (κ3) is 2.05. The molecule has 2 unspecified atom stereocenters. The summed E-state index contributed by atoms with van der Waals surface area (Å²) in [5, 5.41) is 4.70. The van der Waals surface area contributed by atoms with E-state index in [1.807, 2.05) is 35.2 Å². The van der Waals surface area contributed by atoms with Gasteiger partial charge in [-0.1, -0.05) is 0 Å². The lowest BCUT2D eigenvalue weighted by Crippen LogP contribution is -1.98. The lowest BCUT2D eigenvalue weighted by Gasteiger charge is -1.98. The van der Waals surface area contributed by atoms with Crippen molar-refractivity contribution in [2.75, 3.05) is 0 Å². The predicted molar refractivity (Wildman–Crippen MR) is 93.1 cm³/mol. The molecule has 4 aromatic rings. The van der Waals surface area contributed by atoms with Crippen LogP contribution < -0.4 is 5.43 Å². The van der Waals surface area contributed by atoms with Crippen molar-refractivity contribution >= 4 is 11.3 Å². The molecular formula is C18H18N6O. The van der Waals surface area contributed by atoms with Crippen LogP contribution in [0.25, 0.3) is 11.3 Å². The molecule has 0 aliphatic heterocycles. The molecule has 4 heterocycles. The van der Waals surface area contributed by atoms with Crippen molar-refractivity contribution in [3.05, 3.63) is 63.3 Å². The molecular weight excluding hydrogens is 316 g/mol. The minimum atomic E-state index is 0.0145. The Balaban J connectivity index is 1.55. The first-order valence-electron chi connectivity index (χ1n) is 8.42. The van der Waals surface area contributed by atoms with Gasteiger partial charge in [-0.3, -0.25) is 9.78 Å². The third-order valence-electron chi connectivity index (χ3n) is 5.16. The lowest BCUT2D eigenvalue weighted by molar-refractivity contribution is 0.827. The first kappa shape index (κ1) is 14.4. The maximum Gasteiger partial charge on any atom is 0.183 e. The van der Waals surface area contributed by atoms with Gasteiger partial charge in [-0.2, -0.15) is 5.10 Å². The van der Waals surface area contributed by atoms with Gasteiger partial charge < -0.3 is 9.38 Å². The van der Waals surface area contributed by atoms with E-state index in [0.717, 1.165) is 40.6 Å². The molecule has 0 bridgehead atoms. The molecule has 7 heteroatoms. The predicted octanol–water partition coefficient (Wildman–Crippen LogP) is 2.26. The minimum absolute atomic E-state index is 0.0145.